The molecule has 11 heteroatoms. The summed E-state index contributed by atoms with van der Waals surface area (Å²) in [4.78, 5) is 24.1. The first kappa shape index (κ1) is 22.5. The molecule has 0 atom stereocenters. The van der Waals surface area contributed by atoms with Crippen molar-refractivity contribution in [1.29, 1.82) is 0 Å². The number of carbonyl (C=O) groups is 2. The first-order valence-corrected chi connectivity index (χ1v) is 11.1. The van der Waals surface area contributed by atoms with Gasteiger partial charge in [-0.25, -0.2) is 13.2 Å². The second-order valence-corrected chi connectivity index (χ2v) is 8.99. The molecule has 1 aliphatic rings. The summed E-state index contributed by atoms with van der Waals surface area (Å²) < 4.78 is 37.2. The standard InChI is InChI=1S/C19H18Cl2N2O6S/c20-15-11-16(21)17(30(26,27)23-6-8-28-9-7-23)10-14(15)19(25)29-12-18(24)22-13-4-2-1-3-5-13/h1-5,10-11H,6-9,12H2,(H,22,24). The summed E-state index contributed by atoms with van der Waals surface area (Å²) in [6.07, 6.45) is 0. The van der Waals surface area contributed by atoms with Crippen molar-refractivity contribution in [3.63, 3.8) is 0 Å². The van der Waals surface area contributed by atoms with E-state index in [1.54, 1.807) is 30.3 Å². The monoisotopic (exact) mass is 472 g/mol. The summed E-state index contributed by atoms with van der Waals surface area (Å²) in [6.45, 7) is 0.283. The van der Waals surface area contributed by atoms with Crippen molar-refractivity contribution in [3.05, 3.63) is 58.1 Å². The van der Waals surface area contributed by atoms with E-state index in [9.17, 15) is 18.0 Å². The van der Waals surface area contributed by atoms with Crippen molar-refractivity contribution in [2.75, 3.05) is 38.2 Å². The predicted molar refractivity (Wildman–Crippen MR) is 111 cm³/mol. The molecule has 2 aromatic carbocycles. The van der Waals surface area contributed by atoms with Crippen molar-refractivity contribution in [3.8, 4) is 0 Å². The van der Waals surface area contributed by atoms with Gasteiger partial charge in [-0.2, -0.15) is 4.31 Å². The minimum Gasteiger partial charge on any atom is -0.452 e. The average molecular weight is 473 g/mol. The lowest BCUT2D eigenvalue weighted by Gasteiger charge is -2.26. The van der Waals surface area contributed by atoms with Crippen molar-refractivity contribution < 1.29 is 27.5 Å². The van der Waals surface area contributed by atoms with E-state index in [4.69, 9.17) is 32.7 Å². The molecule has 1 N–H and O–H groups in total. The third-order valence-electron chi connectivity index (χ3n) is 4.22. The lowest BCUT2D eigenvalue weighted by atomic mass is 10.2. The second-order valence-electron chi connectivity index (χ2n) is 6.27. The molecule has 1 saturated heterocycles. The molecule has 8 nitrogen and oxygen atoms in total. The number of nitrogens with one attached hydrogen (secondary N) is 1. The van der Waals surface area contributed by atoms with Crippen LogP contribution in [0, 0.1) is 0 Å². The maximum Gasteiger partial charge on any atom is 0.340 e. The van der Waals surface area contributed by atoms with Gasteiger partial charge < -0.3 is 14.8 Å². The molecule has 1 amide bonds. The maximum atomic E-state index is 12.9. The molecule has 0 bridgehead atoms. The number of ether oxygens (including phenoxy) is 2. The Hall–Kier alpha value is -2.17. The molecule has 160 valence electrons. The molecule has 3 rings (SSSR count). The topological polar surface area (TPSA) is 102 Å². The molecular weight excluding hydrogens is 455 g/mol. The summed E-state index contributed by atoms with van der Waals surface area (Å²) in [6, 6.07) is 10.9. The number of morpholine rings is 1. The molecule has 1 fully saturated rings. The van der Waals surface area contributed by atoms with E-state index in [0.29, 0.717) is 5.69 Å². The quantitative estimate of drug-likeness (QED) is 0.648. The first-order chi connectivity index (χ1) is 14.3. The van der Waals surface area contributed by atoms with E-state index in [1.807, 2.05) is 0 Å². The average Bonchev–Trinajstić information content (AvgIpc) is 2.73. The van der Waals surface area contributed by atoms with Gasteiger partial charge in [0.1, 0.15) is 4.90 Å². The fourth-order valence-corrected chi connectivity index (χ4v) is 4.97. The van der Waals surface area contributed by atoms with Gasteiger partial charge in [0.05, 0.1) is 28.8 Å². The molecule has 0 aliphatic carbocycles. The van der Waals surface area contributed by atoms with Crippen molar-refractivity contribution >= 4 is 50.8 Å². The molecule has 1 heterocycles. The zero-order valence-electron chi connectivity index (χ0n) is 15.6. The molecule has 0 spiro atoms. The van der Waals surface area contributed by atoms with Gasteiger partial charge in [-0.05, 0) is 24.3 Å². The van der Waals surface area contributed by atoms with Crippen LogP contribution >= 0.6 is 23.2 Å². The molecule has 30 heavy (non-hydrogen) atoms. The van der Waals surface area contributed by atoms with Gasteiger partial charge in [-0.1, -0.05) is 41.4 Å². The zero-order valence-corrected chi connectivity index (χ0v) is 18.0. The highest BCUT2D eigenvalue weighted by atomic mass is 35.5. The van der Waals surface area contributed by atoms with Crippen molar-refractivity contribution in [2.24, 2.45) is 0 Å². The van der Waals surface area contributed by atoms with Gasteiger partial charge in [-0.15, -0.1) is 0 Å². The molecule has 1 aliphatic heterocycles. The van der Waals surface area contributed by atoms with Gasteiger partial charge in [0.2, 0.25) is 10.0 Å². The van der Waals surface area contributed by atoms with Gasteiger partial charge in [-0.3, -0.25) is 4.79 Å². The Balaban J connectivity index is 1.74. The third-order valence-corrected chi connectivity index (χ3v) is 6.90. The summed E-state index contributed by atoms with van der Waals surface area (Å²) in [5, 5.41) is 2.36. The molecule has 0 unspecified atom stereocenters. The molecule has 0 saturated carbocycles. The Morgan fingerprint density at radius 1 is 1.07 bits per heavy atom. The number of para-hydroxylation sites is 1. The first-order valence-electron chi connectivity index (χ1n) is 8.88. The van der Waals surface area contributed by atoms with Crippen LogP contribution in [0.3, 0.4) is 0 Å². The lowest BCUT2D eigenvalue weighted by molar-refractivity contribution is -0.119. The van der Waals surface area contributed by atoms with E-state index in [1.165, 1.54) is 4.31 Å². The van der Waals surface area contributed by atoms with Crippen LogP contribution < -0.4 is 5.32 Å². The van der Waals surface area contributed by atoms with E-state index in [2.05, 4.69) is 5.32 Å². The summed E-state index contributed by atoms with van der Waals surface area (Å²) in [7, 11) is -3.96. The third kappa shape index (κ3) is 5.30. The number of anilines is 1. The van der Waals surface area contributed by atoms with E-state index < -0.39 is 28.5 Å². The minimum absolute atomic E-state index is 0.0885. The predicted octanol–water partition coefficient (Wildman–Crippen LogP) is 2.81. The highest BCUT2D eigenvalue weighted by molar-refractivity contribution is 7.89. The van der Waals surface area contributed by atoms with Crippen molar-refractivity contribution in [2.45, 2.75) is 4.90 Å². The Morgan fingerprint density at radius 2 is 1.73 bits per heavy atom. The van der Waals surface area contributed by atoms with Crippen LogP contribution in [0.4, 0.5) is 5.69 Å². The number of nitrogens with zero attached hydrogens (tertiary/aromatic N) is 1. The fraction of sp³-hybridized carbons (Fsp3) is 0.263. The number of halogens is 2. The highest BCUT2D eigenvalue weighted by Crippen LogP contribution is 2.31. The summed E-state index contributed by atoms with van der Waals surface area (Å²) in [5.74, 6) is -1.50. The number of hydrogen-bond donors (Lipinski definition) is 1. The Morgan fingerprint density at radius 3 is 2.40 bits per heavy atom. The van der Waals surface area contributed by atoms with Crippen LogP contribution in [-0.2, 0) is 24.3 Å². The minimum atomic E-state index is -3.96. The van der Waals surface area contributed by atoms with Gasteiger partial charge in [0, 0.05) is 18.8 Å². The number of esters is 1. The Labute approximate surface area is 183 Å². The van der Waals surface area contributed by atoms with Crippen molar-refractivity contribution in [1.82, 2.24) is 4.31 Å². The summed E-state index contributed by atoms with van der Waals surface area (Å²) >= 11 is 12.2. The van der Waals surface area contributed by atoms with Crippen LogP contribution in [0.1, 0.15) is 10.4 Å². The zero-order chi connectivity index (χ0) is 21.7. The van der Waals surface area contributed by atoms with E-state index >= 15 is 0 Å². The fourth-order valence-electron chi connectivity index (χ4n) is 2.74. The molecule has 2 aromatic rings. The lowest BCUT2D eigenvalue weighted by Crippen LogP contribution is -2.40. The summed E-state index contributed by atoms with van der Waals surface area (Å²) in [5.41, 5.74) is 0.336. The van der Waals surface area contributed by atoms with Gasteiger partial charge in [0.15, 0.2) is 6.61 Å². The number of hydrogen-bond acceptors (Lipinski definition) is 6. The van der Waals surface area contributed by atoms with Crippen LogP contribution in [-0.4, -0.2) is 57.5 Å². The largest absolute Gasteiger partial charge is 0.452 e. The normalized spacial score (nSPS) is 14.9. The van der Waals surface area contributed by atoms with Crippen LogP contribution in [0.5, 0.6) is 0 Å². The Bertz CT molecular complexity index is 1040. The molecule has 0 aromatic heterocycles. The van der Waals surface area contributed by atoms with Gasteiger partial charge >= 0.3 is 5.97 Å². The number of benzene rings is 2. The molecule has 0 radical (unpaired) electrons. The second kappa shape index (κ2) is 9.76. The highest BCUT2D eigenvalue weighted by Gasteiger charge is 2.30. The Kier molecular flexibility index (Phi) is 7.32. The van der Waals surface area contributed by atoms with E-state index in [0.717, 1.165) is 12.1 Å². The van der Waals surface area contributed by atoms with E-state index in [-0.39, 0.29) is 46.8 Å². The maximum absolute atomic E-state index is 12.9. The number of sulfonamides is 1. The smallest absolute Gasteiger partial charge is 0.340 e. The SMILES string of the molecule is O=C(COC(=O)c1cc(S(=O)(=O)N2CCOCC2)c(Cl)cc1Cl)Nc1ccccc1. The number of amides is 1. The van der Waals surface area contributed by atoms with Gasteiger partial charge in [0.25, 0.3) is 5.91 Å². The van der Waals surface area contributed by atoms with Crippen LogP contribution in [0.25, 0.3) is 0 Å². The number of carbonyl (C=O) groups excluding carboxylic acids is 2. The molecular formula is C19H18Cl2N2O6S. The number of rotatable bonds is 6. The van der Waals surface area contributed by atoms with Crippen LogP contribution in [0.15, 0.2) is 47.4 Å². The van der Waals surface area contributed by atoms with Crippen LogP contribution in [0.2, 0.25) is 10.0 Å².